The minimum Gasteiger partial charge on any atom is -0.460 e. The Morgan fingerprint density at radius 1 is 1.20 bits per heavy atom. The first-order valence-electron chi connectivity index (χ1n) is 7.27. The Labute approximate surface area is 122 Å². The molecule has 0 aliphatic rings. The average molecular weight is 277 g/mol. The summed E-state index contributed by atoms with van der Waals surface area (Å²) < 4.78 is 5.39. The number of carbonyl (C=O) groups excluding carboxylic acids is 1. The lowest BCUT2D eigenvalue weighted by Crippen LogP contribution is -2.37. The quantitative estimate of drug-likeness (QED) is 0.808. The molecule has 0 fully saturated rings. The average Bonchev–Trinajstić information content (AvgIpc) is 2.33. The minimum atomic E-state index is -0.419. The van der Waals surface area contributed by atoms with E-state index in [-0.39, 0.29) is 12.0 Å². The number of esters is 1. The second kappa shape index (κ2) is 7.44. The molecule has 0 amide bonds. The number of nitrogens with one attached hydrogen (secondary N) is 1. The molecule has 3 nitrogen and oxygen atoms in total. The highest BCUT2D eigenvalue weighted by Crippen LogP contribution is 2.13. The van der Waals surface area contributed by atoms with Crippen molar-refractivity contribution >= 4 is 5.97 Å². The molecule has 0 saturated heterocycles. The van der Waals surface area contributed by atoms with E-state index >= 15 is 0 Å². The van der Waals surface area contributed by atoms with E-state index in [0.29, 0.717) is 12.3 Å². The molecule has 1 atom stereocenters. The molecule has 1 aromatic rings. The molecular weight excluding hydrogens is 250 g/mol. The van der Waals surface area contributed by atoms with Crippen LogP contribution >= 0.6 is 0 Å². The van der Waals surface area contributed by atoms with Crippen LogP contribution in [0.4, 0.5) is 0 Å². The van der Waals surface area contributed by atoms with Gasteiger partial charge in [0, 0.05) is 12.6 Å². The van der Waals surface area contributed by atoms with Crippen LogP contribution in [0.25, 0.3) is 0 Å². The fourth-order valence-corrected chi connectivity index (χ4v) is 1.95. The van der Waals surface area contributed by atoms with Crippen molar-refractivity contribution in [3.05, 3.63) is 35.9 Å². The van der Waals surface area contributed by atoms with Crippen molar-refractivity contribution in [1.29, 1.82) is 0 Å². The normalized spacial score (nSPS) is 13.3. The highest BCUT2D eigenvalue weighted by Gasteiger charge is 2.22. The summed E-state index contributed by atoms with van der Waals surface area (Å²) in [6.07, 6.45) is 0.405. The Hall–Kier alpha value is -1.35. The molecule has 20 heavy (non-hydrogen) atoms. The van der Waals surface area contributed by atoms with Gasteiger partial charge in [-0.05, 0) is 32.3 Å². The maximum absolute atomic E-state index is 11.9. The van der Waals surface area contributed by atoms with Gasteiger partial charge < -0.3 is 10.1 Å². The molecule has 1 rings (SSSR count). The van der Waals surface area contributed by atoms with Crippen LogP contribution in [0.15, 0.2) is 30.3 Å². The van der Waals surface area contributed by atoms with Gasteiger partial charge in [-0.2, -0.15) is 0 Å². The van der Waals surface area contributed by atoms with E-state index in [1.54, 1.807) is 0 Å². The first-order chi connectivity index (χ1) is 9.28. The largest absolute Gasteiger partial charge is 0.460 e. The Morgan fingerprint density at radius 3 is 2.30 bits per heavy atom. The molecule has 0 aliphatic carbocycles. The second-order valence-electron chi connectivity index (χ2n) is 6.51. The molecule has 0 saturated carbocycles. The van der Waals surface area contributed by atoms with E-state index in [9.17, 15) is 4.79 Å². The number of carbonyl (C=O) groups is 1. The first kappa shape index (κ1) is 16.7. The van der Waals surface area contributed by atoms with Crippen molar-refractivity contribution in [1.82, 2.24) is 5.32 Å². The Kier molecular flexibility index (Phi) is 6.21. The third-order valence-corrected chi connectivity index (χ3v) is 3.02. The van der Waals surface area contributed by atoms with E-state index in [2.05, 4.69) is 31.3 Å². The monoisotopic (exact) mass is 277 g/mol. The number of hydrogen-bond acceptors (Lipinski definition) is 3. The molecule has 1 unspecified atom stereocenters. The van der Waals surface area contributed by atoms with Crippen LogP contribution in [0, 0.1) is 5.92 Å². The summed E-state index contributed by atoms with van der Waals surface area (Å²) in [5, 5.41) is 3.45. The molecular formula is C17H27NO2. The van der Waals surface area contributed by atoms with E-state index < -0.39 is 5.60 Å². The van der Waals surface area contributed by atoms with Crippen LogP contribution in [0.3, 0.4) is 0 Å². The fourth-order valence-electron chi connectivity index (χ4n) is 1.95. The van der Waals surface area contributed by atoms with Crippen molar-refractivity contribution in [2.45, 2.75) is 59.2 Å². The van der Waals surface area contributed by atoms with Crippen LogP contribution in [0.5, 0.6) is 0 Å². The third kappa shape index (κ3) is 6.71. The lowest BCUT2D eigenvalue weighted by molar-refractivity contribution is -0.155. The zero-order valence-electron chi connectivity index (χ0n) is 13.3. The Balaban J connectivity index is 2.51. The van der Waals surface area contributed by atoms with Crippen molar-refractivity contribution < 1.29 is 9.53 Å². The number of ether oxygens (including phenoxy) is 1. The predicted octanol–water partition coefficient (Wildman–Crippen LogP) is 3.53. The molecule has 0 heterocycles. The lowest BCUT2D eigenvalue weighted by Gasteiger charge is -2.25. The van der Waals surface area contributed by atoms with Gasteiger partial charge in [-0.15, -0.1) is 0 Å². The van der Waals surface area contributed by atoms with Crippen LogP contribution in [0.2, 0.25) is 0 Å². The summed E-state index contributed by atoms with van der Waals surface area (Å²) in [5.74, 6) is 0.239. The van der Waals surface area contributed by atoms with Gasteiger partial charge in [0.25, 0.3) is 0 Å². The van der Waals surface area contributed by atoms with Crippen LogP contribution in [-0.4, -0.2) is 17.6 Å². The predicted molar refractivity (Wildman–Crippen MR) is 82.4 cm³/mol. The topological polar surface area (TPSA) is 38.3 Å². The van der Waals surface area contributed by atoms with Crippen molar-refractivity contribution in [3.63, 3.8) is 0 Å². The zero-order chi connectivity index (χ0) is 15.2. The number of rotatable bonds is 6. The molecule has 1 aromatic carbocycles. The second-order valence-corrected chi connectivity index (χ2v) is 6.51. The van der Waals surface area contributed by atoms with E-state index in [1.807, 2.05) is 39.0 Å². The lowest BCUT2D eigenvalue weighted by atomic mass is 10.0. The Morgan fingerprint density at radius 2 is 1.80 bits per heavy atom. The highest BCUT2D eigenvalue weighted by molar-refractivity contribution is 5.70. The van der Waals surface area contributed by atoms with Gasteiger partial charge in [0.05, 0.1) is 6.42 Å². The molecule has 0 aliphatic heterocycles. The summed E-state index contributed by atoms with van der Waals surface area (Å²) in [7, 11) is 0. The van der Waals surface area contributed by atoms with Crippen molar-refractivity contribution in [2.24, 2.45) is 5.92 Å². The van der Waals surface area contributed by atoms with Crippen molar-refractivity contribution in [3.8, 4) is 0 Å². The summed E-state index contributed by atoms with van der Waals surface area (Å²) in [5.41, 5.74) is 0.806. The van der Waals surface area contributed by atoms with Gasteiger partial charge in [0.15, 0.2) is 0 Å². The van der Waals surface area contributed by atoms with E-state index in [1.165, 1.54) is 5.56 Å². The number of hydrogen-bond donors (Lipinski definition) is 1. The summed E-state index contributed by atoms with van der Waals surface area (Å²) >= 11 is 0. The molecule has 3 heteroatoms. The van der Waals surface area contributed by atoms with Gasteiger partial charge in [0.1, 0.15) is 5.60 Å². The molecule has 112 valence electrons. The molecule has 0 spiro atoms. The van der Waals surface area contributed by atoms with Gasteiger partial charge in [-0.25, -0.2) is 0 Å². The van der Waals surface area contributed by atoms with Gasteiger partial charge >= 0.3 is 5.97 Å². The van der Waals surface area contributed by atoms with Gasteiger partial charge in [-0.3, -0.25) is 4.79 Å². The molecule has 0 radical (unpaired) electrons. The molecule has 0 bridgehead atoms. The highest BCUT2D eigenvalue weighted by atomic mass is 16.6. The third-order valence-electron chi connectivity index (χ3n) is 3.02. The zero-order valence-corrected chi connectivity index (χ0v) is 13.3. The van der Waals surface area contributed by atoms with Gasteiger partial charge in [-0.1, -0.05) is 44.2 Å². The van der Waals surface area contributed by atoms with E-state index in [0.717, 1.165) is 6.54 Å². The smallest absolute Gasteiger partial charge is 0.307 e. The Bertz CT molecular complexity index is 407. The fraction of sp³-hybridized carbons (Fsp3) is 0.588. The van der Waals surface area contributed by atoms with Crippen molar-refractivity contribution in [2.75, 3.05) is 0 Å². The van der Waals surface area contributed by atoms with Gasteiger partial charge in [0.2, 0.25) is 0 Å². The SMILES string of the molecule is CC(C)C(CC(=O)OC(C)(C)C)NCc1ccccc1. The first-order valence-corrected chi connectivity index (χ1v) is 7.27. The maximum atomic E-state index is 11.9. The summed E-state index contributed by atoms with van der Waals surface area (Å²) in [4.78, 5) is 11.9. The summed E-state index contributed by atoms with van der Waals surface area (Å²) in [6, 6.07) is 10.3. The van der Waals surface area contributed by atoms with Crippen LogP contribution in [0.1, 0.15) is 46.6 Å². The van der Waals surface area contributed by atoms with Crippen LogP contribution < -0.4 is 5.32 Å². The molecule has 0 aromatic heterocycles. The van der Waals surface area contributed by atoms with Crippen LogP contribution in [-0.2, 0) is 16.1 Å². The maximum Gasteiger partial charge on any atom is 0.307 e. The summed E-state index contributed by atoms with van der Waals surface area (Å²) in [6.45, 7) is 10.7. The van der Waals surface area contributed by atoms with E-state index in [4.69, 9.17) is 4.74 Å². The molecule has 1 N–H and O–H groups in total. The minimum absolute atomic E-state index is 0.130. The number of benzene rings is 1. The standard InChI is InChI=1S/C17H27NO2/c1-13(2)15(11-16(19)20-17(3,4)5)18-12-14-9-7-6-8-10-14/h6-10,13,15,18H,11-12H2,1-5H3.